The molecule has 2 heterocycles. The predicted molar refractivity (Wildman–Crippen MR) is 78.1 cm³/mol. The van der Waals surface area contributed by atoms with E-state index < -0.39 is 0 Å². The molecule has 3 nitrogen and oxygen atoms in total. The van der Waals surface area contributed by atoms with Gasteiger partial charge in [0, 0.05) is 18.3 Å². The van der Waals surface area contributed by atoms with Crippen LogP contribution in [-0.2, 0) is 0 Å². The molecule has 19 heavy (non-hydrogen) atoms. The minimum atomic E-state index is -0.388. The summed E-state index contributed by atoms with van der Waals surface area (Å²) in [5.41, 5.74) is 2.11. The van der Waals surface area contributed by atoms with E-state index in [1.807, 2.05) is 12.3 Å². The lowest BCUT2D eigenvalue weighted by atomic mass is 9.98. The first-order valence-electron chi connectivity index (χ1n) is 7.20. The van der Waals surface area contributed by atoms with Crippen LogP contribution < -0.4 is 0 Å². The standard InChI is InChI=1S/C16H22N2O/c1-12-5-8-18(9-6-12)11-16(19)14-3-2-13-4-7-17-15(13)10-14/h2-4,7,10,12,16-17,19H,5-6,8-9,11H2,1H3. The van der Waals surface area contributed by atoms with E-state index in [1.54, 1.807) is 0 Å². The van der Waals surface area contributed by atoms with Crippen LogP contribution in [-0.4, -0.2) is 34.6 Å². The molecule has 0 bridgehead atoms. The summed E-state index contributed by atoms with van der Waals surface area (Å²) in [6.07, 6.45) is 4.05. The Hall–Kier alpha value is -1.32. The molecule has 1 unspecified atom stereocenters. The number of aliphatic hydroxyl groups excluding tert-OH is 1. The average Bonchev–Trinajstić information content (AvgIpc) is 2.88. The number of aromatic amines is 1. The van der Waals surface area contributed by atoms with Gasteiger partial charge in [-0.15, -0.1) is 0 Å². The molecule has 0 amide bonds. The van der Waals surface area contributed by atoms with E-state index in [2.05, 4.69) is 35.0 Å². The van der Waals surface area contributed by atoms with Gasteiger partial charge in [0.15, 0.2) is 0 Å². The molecule has 1 fully saturated rings. The van der Waals surface area contributed by atoms with Crippen molar-refractivity contribution in [3.05, 3.63) is 36.0 Å². The highest BCUT2D eigenvalue weighted by molar-refractivity contribution is 5.79. The molecular formula is C16H22N2O. The van der Waals surface area contributed by atoms with Gasteiger partial charge in [0.1, 0.15) is 0 Å². The molecule has 1 aliphatic heterocycles. The van der Waals surface area contributed by atoms with Crippen molar-refractivity contribution in [1.82, 2.24) is 9.88 Å². The number of benzene rings is 1. The van der Waals surface area contributed by atoms with E-state index in [1.165, 1.54) is 18.2 Å². The average molecular weight is 258 g/mol. The van der Waals surface area contributed by atoms with Crippen LogP contribution in [0.15, 0.2) is 30.5 Å². The van der Waals surface area contributed by atoms with Crippen LogP contribution in [0.5, 0.6) is 0 Å². The van der Waals surface area contributed by atoms with Crippen LogP contribution >= 0.6 is 0 Å². The van der Waals surface area contributed by atoms with E-state index in [4.69, 9.17) is 0 Å². The number of H-pyrrole nitrogens is 1. The maximum absolute atomic E-state index is 10.4. The molecule has 1 aromatic carbocycles. The van der Waals surface area contributed by atoms with E-state index >= 15 is 0 Å². The van der Waals surface area contributed by atoms with Gasteiger partial charge in [0.25, 0.3) is 0 Å². The van der Waals surface area contributed by atoms with Crippen molar-refractivity contribution >= 4 is 10.9 Å². The maximum atomic E-state index is 10.4. The smallest absolute Gasteiger partial charge is 0.0917 e. The van der Waals surface area contributed by atoms with Crippen LogP contribution in [0.1, 0.15) is 31.4 Å². The van der Waals surface area contributed by atoms with Crippen molar-refractivity contribution in [1.29, 1.82) is 0 Å². The summed E-state index contributed by atoms with van der Waals surface area (Å²) in [6.45, 7) is 5.29. The van der Waals surface area contributed by atoms with Gasteiger partial charge in [0.05, 0.1) is 6.10 Å². The molecule has 3 rings (SSSR count). The molecule has 0 spiro atoms. The molecule has 102 valence electrons. The van der Waals surface area contributed by atoms with Crippen LogP contribution in [0.25, 0.3) is 10.9 Å². The molecule has 1 aliphatic rings. The molecule has 1 atom stereocenters. The van der Waals surface area contributed by atoms with Gasteiger partial charge < -0.3 is 15.0 Å². The maximum Gasteiger partial charge on any atom is 0.0917 e. The number of β-amino-alcohol motifs (C(OH)–C–C–N with tert-alkyl or cyclic N) is 1. The minimum Gasteiger partial charge on any atom is -0.387 e. The third kappa shape index (κ3) is 2.82. The lowest BCUT2D eigenvalue weighted by Crippen LogP contribution is -2.35. The zero-order valence-corrected chi connectivity index (χ0v) is 11.5. The number of hydrogen-bond donors (Lipinski definition) is 2. The second kappa shape index (κ2) is 5.35. The minimum absolute atomic E-state index is 0.388. The first-order chi connectivity index (χ1) is 9.22. The Bertz CT molecular complexity index is 540. The number of nitrogens with one attached hydrogen (secondary N) is 1. The molecule has 0 saturated carbocycles. The van der Waals surface area contributed by atoms with Crippen molar-refractivity contribution in [2.24, 2.45) is 5.92 Å². The number of nitrogens with zero attached hydrogens (tertiary/aromatic N) is 1. The van der Waals surface area contributed by atoms with E-state index in [0.717, 1.165) is 36.6 Å². The highest BCUT2D eigenvalue weighted by Crippen LogP contribution is 2.22. The normalized spacial score (nSPS) is 19.9. The summed E-state index contributed by atoms with van der Waals surface area (Å²) in [6, 6.07) is 8.22. The fourth-order valence-electron chi connectivity index (χ4n) is 2.87. The van der Waals surface area contributed by atoms with E-state index in [9.17, 15) is 5.11 Å². The number of aromatic nitrogens is 1. The van der Waals surface area contributed by atoms with E-state index in [-0.39, 0.29) is 6.10 Å². The zero-order chi connectivity index (χ0) is 13.2. The summed E-state index contributed by atoms with van der Waals surface area (Å²) in [5.74, 6) is 0.837. The molecule has 2 aromatic rings. The molecular weight excluding hydrogens is 236 g/mol. The van der Waals surface area contributed by atoms with E-state index in [0.29, 0.717) is 0 Å². The summed E-state index contributed by atoms with van der Waals surface area (Å²) < 4.78 is 0. The Labute approximate surface area is 114 Å². The Morgan fingerprint density at radius 3 is 2.89 bits per heavy atom. The molecule has 0 aliphatic carbocycles. The van der Waals surface area contributed by atoms with Crippen LogP contribution in [0, 0.1) is 5.92 Å². The lowest BCUT2D eigenvalue weighted by molar-refractivity contribution is 0.0917. The van der Waals surface area contributed by atoms with Gasteiger partial charge in [-0.25, -0.2) is 0 Å². The molecule has 3 heteroatoms. The number of hydrogen-bond acceptors (Lipinski definition) is 2. The predicted octanol–water partition coefficient (Wildman–Crippen LogP) is 2.93. The summed E-state index contributed by atoms with van der Waals surface area (Å²) in [5, 5.41) is 11.6. The highest BCUT2D eigenvalue weighted by atomic mass is 16.3. The topological polar surface area (TPSA) is 39.3 Å². The van der Waals surface area contributed by atoms with Crippen LogP contribution in [0.3, 0.4) is 0 Å². The second-order valence-electron chi connectivity index (χ2n) is 5.82. The summed E-state index contributed by atoms with van der Waals surface area (Å²) in [7, 11) is 0. The van der Waals surface area contributed by atoms with Crippen LogP contribution in [0.4, 0.5) is 0 Å². The first kappa shape index (κ1) is 12.7. The van der Waals surface area contributed by atoms with Crippen molar-refractivity contribution < 1.29 is 5.11 Å². The fraction of sp³-hybridized carbons (Fsp3) is 0.500. The zero-order valence-electron chi connectivity index (χ0n) is 11.5. The summed E-state index contributed by atoms with van der Waals surface area (Å²) in [4.78, 5) is 5.58. The lowest BCUT2D eigenvalue weighted by Gasteiger charge is -2.31. The van der Waals surface area contributed by atoms with Crippen molar-refractivity contribution in [2.75, 3.05) is 19.6 Å². The monoisotopic (exact) mass is 258 g/mol. The van der Waals surface area contributed by atoms with Crippen molar-refractivity contribution in [3.63, 3.8) is 0 Å². The van der Waals surface area contributed by atoms with Gasteiger partial charge in [0.2, 0.25) is 0 Å². The largest absolute Gasteiger partial charge is 0.387 e. The third-order valence-electron chi connectivity index (χ3n) is 4.27. The molecule has 2 N–H and O–H groups in total. The Morgan fingerprint density at radius 2 is 2.11 bits per heavy atom. The van der Waals surface area contributed by atoms with Crippen molar-refractivity contribution in [3.8, 4) is 0 Å². The number of likely N-dealkylation sites (tertiary alicyclic amines) is 1. The number of fused-ring (bicyclic) bond motifs is 1. The van der Waals surface area contributed by atoms with Gasteiger partial charge in [-0.1, -0.05) is 19.1 Å². The van der Waals surface area contributed by atoms with Gasteiger partial charge in [-0.3, -0.25) is 0 Å². The number of rotatable bonds is 3. The van der Waals surface area contributed by atoms with Crippen molar-refractivity contribution in [2.45, 2.75) is 25.9 Å². The van der Waals surface area contributed by atoms with Crippen LogP contribution in [0.2, 0.25) is 0 Å². The molecule has 1 saturated heterocycles. The molecule has 1 aromatic heterocycles. The third-order valence-corrected chi connectivity index (χ3v) is 4.27. The second-order valence-corrected chi connectivity index (χ2v) is 5.82. The first-order valence-corrected chi connectivity index (χ1v) is 7.20. The number of piperidine rings is 1. The van der Waals surface area contributed by atoms with Gasteiger partial charge in [-0.05, 0) is 54.9 Å². The highest BCUT2D eigenvalue weighted by Gasteiger charge is 2.19. The number of aliphatic hydroxyl groups is 1. The van der Waals surface area contributed by atoms with Gasteiger partial charge >= 0.3 is 0 Å². The molecule has 0 radical (unpaired) electrons. The summed E-state index contributed by atoms with van der Waals surface area (Å²) >= 11 is 0. The SMILES string of the molecule is CC1CCN(CC(O)c2ccc3cc[nH]c3c2)CC1. The Morgan fingerprint density at radius 1 is 1.32 bits per heavy atom. The van der Waals surface area contributed by atoms with Gasteiger partial charge in [-0.2, -0.15) is 0 Å². The Balaban J connectivity index is 1.67. The Kier molecular flexibility index (Phi) is 3.58. The fourth-order valence-corrected chi connectivity index (χ4v) is 2.87. The quantitative estimate of drug-likeness (QED) is 0.888.